The van der Waals surface area contributed by atoms with Crippen LogP contribution in [0.15, 0.2) is 41.9 Å². The van der Waals surface area contributed by atoms with Gasteiger partial charge in [0.2, 0.25) is 11.8 Å². The second-order valence-electron chi connectivity index (χ2n) is 3.65. The van der Waals surface area contributed by atoms with Crippen LogP contribution in [0.1, 0.15) is 11.1 Å². The molecule has 0 bridgehead atoms. The topological polar surface area (TPSA) is 50.7 Å². The van der Waals surface area contributed by atoms with E-state index in [1.165, 1.54) is 6.08 Å². The summed E-state index contributed by atoms with van der Waals surface area (Å²) in [6.45, 7) is 5.28. The zero-order valence-electron chi connectivity index (χ0n) is 9.48. The van der Waals surface area contributed by atoms with Crippen molar-refractivity contribution in [3.05, 3.63) is 48.0 Å². The average molecular weight is 230 g/mol. The Morgan fingerprint density at radius 3 is 2.82 bits per heavy atom. The number of carbonyl (C=O) groups is 1. The van der Waals surface area contributed by atoms with E-state index in [2.05, 4.69) is 16.9 Å². The lowest BCUT2D eigenvalue weighted by Gasteiger charge is -2.05. The van der Waals surface area contributed by atoms with Crippen molar-refractivity contribution >= 4 is 11.8 Å². The fourth-order valence-corrected chi connectivity index (χ4v) is 1.54. The molecule has 4 nitrogen and oxygen atoms in total. The predicted octanol–water partition coefficient (Wildman–Crippen LogP) is 1.27. The Morgan fingerprint density at radius 2 is 2.24 bits per heavy atom. The highest BCUT2D eigenvalue weighted by Gasteiger charge is 2.09. The average Bonchev–Trinajstić information content (AvgIpc) is 2.90. The number of ether oxygens (including phenoxy) is 1. The number of hydrogen-bond acceptors (Lipinski definition) is 3. The normalized spacial score (nSPS) is 13.8. The van der Waals surface area contributed by atoms with Crippen molar-refractivity contribution in [2.24, 2.45) is 4.99 Å². The third kappa shape index (κ3) is 2.93. The molecule has 0 saturated heterocycles. The van der Waals surface area contributed by atoms with Gasteiger partial charge in [0.1, 0.15) is 6.61 Å². The maximum absolute atomic E-state index is 11.0. The molecule has 1 aliphatic rings. The molecule has 0 aromatic heterocycles. The molecule has 1 N–H and O–H groups in total. The molecule has 17 heavy (non-hydrogen) atoms. The lowest BCUT2D eigenvalue weighted by molar-refractivity contribution is -0.116. The van der Waals surface area contributed by atoms with Gasteiger partial charge in [-0.2, -0.15) is 0 Å². The van der Waals surface area contributed by atoms with E-state index in [0.29, 0.717) is 19.0 Å². The molecule has 1 heterocycles. The van der Waals surface area contributed by atoms with Crippen LogP contribution in [0.5, 0.6) is 0 Å². The van der Waals surface area contributed by atoms with Crippen molar-refractivity contribution in [2.75, 3.05) is 13.2 Å². The second-order valence-corrected chi connectivity index (χ2v) is 3.65. The van der Waals surface area contributed by atoms with E-state index >= 15 is 0 Å². The number of hydrogen-bond donors (Lipinski definition) is 1. The van der Waals surface area contributed by atoms with Crippen LogP contribution in [0.3, 0.4) is 0 Å². The smallest absolute Gasteiger partial charge is 0.243 e. The van der Waals surface area contributed by atoms with Crippen LogP contribution in [0.25, 0.3) is 0 Å². The van der Waals surface area contributed by atoms with Crippen LogP contribution < -0.4 is 5.32 Å². The van der Waals surface area contributed by atoms with Gasteiger partial charge in [0.05, 0.1) is 6.54 Å². The molecule has 1 aromatic rings. The van der Waals surface area contributed by atoms with E-state index in [9.17, 15) is 4.79 Å². The van der Waals surface area contributed by atoms with E-state index in [1.807, 2.05) is 24.3 Å². The molecule has 0 spiro atoms. The van der Waals surface area contributed by atoms with Crippen LogP contribution in [0.4, 0.5) is 0 Å². The van der Waals surface area contributed by atoms with Crippen molar-refractivity contribution in [1.82, 2.24) is 5.32 Å². The Morgan fingerprint density at radius 1 is 1.47 bits per heavy atom. The molecule has 1 amide bonds. The quantitative estimate of drug-likeness (QED) is 0.792. The third-order valence-electron chi connectivity index (χ3n) is 2.44. The summed E-state index contributed by atoms with van der Waals surface area (Å²) >= 11 is 0. The molecular weight excluding hydrogens is 216 g/mol. The zero-order valence-corrected chi connectivity index (χ0v) is 9.48. The molecule has 0 saturated carbocycles. The summed E-state index contributed by atoms with van der Waals surface area (Å²) in [5.74, 6) is 0.532. The fourth-order valence-electron chi connectivity index (χ4n) is 1.54. The first-order chi connectivity index (χ1) is 8.29. The van der Waals surface area contributed by atoms with E-state index in [0.717, 1.165) is 17.7 Å². The zero-order chi connectivity index (χ0) is 12.1. The Kier molecular flexibility index (Phi) is 3.55. The van der Waals surface area contributed by atoms with E-state index < -0.39 is 0 Å². The molecule has 1 aliphatic heterocycles. The van der Waals surface area contributed by atoms with E-state index in [-0.39, 0.29) is 5.91 Å². The van der Waals surface area contributed by atoms with Crippen molar-refractivity contribution in [1.29, 1.82) is 0 Å². The minimum Gasteiger partial charge on any atom is -0.476 e. The van der Waals surface area contributed by atoms with Crippen LogP contribution in [0.2, 0.25) is 0 Å². The highest BCUT2D eigenvalue weighted by atomic mass is 16.5. The number of benzene rings is 1. The standard InChI is InChI=1S/C13H14N2O2/c1-2-12(16)15-9-10-3-5-11(6-4-10)13-14-7-8-17-13/h2-6H,1,7-9H2,(H,15,16). The number of nitrogens with one attached hydrogen (secondary N) is 1. The highest BCUT2D eigenvalue weighted by Crippen LogP contribution is 2.09. The molecule has 2 rings (SSSR count). The van der Waals surface area contributed by atoms with Gasteiger partial charge in [-0.3, -0.25) is 4.79 Å². The Labute approximate surface area is 100 Å². The van der Waals surface area contributed by atoms with Gasteiger partial charge in [-0.05, 0) is 23.8 Å². The first kappa shape index (κ1) is 11.4. The minimum atomic E-state index is -0.169. The largest absolute Gasteiger partial charge is 0.476 e. The summed E-state index contributed by atoms with van der Waals surface area (Å²) in [6.07, 6.45) is 1.26. The summed E-state index contributed by atoms with van der Waals surface area (Å²) in [7, 11) is 0. The Hall–Kier alpha value is -2.10. The first-order valence-electron chi connectivity index (χ1n) is 5.46. The van der Waals surface area contributed by atoms with Crippen molar-refractivity contribution in [3.8, 4) is 0 Å². The Bertz CT molecular complexity index is 449. The van der Waals surface area contributed by atoms with Gasteiger partial charge in [0.15, 0.2) is 0 Å². The molecule has 1 aromatic carbocycles. The van der Waals surface area contributed by atoms with Crippen molar-refractivity contribution in [2.45, 2.75) is 6.54 Å². The summed E-state index contributed by atoms with van der Waals surface area (Å²) in [4.78, 5) is 15.2. The van der Waals surface area contributed by atoms with Crippen LogP contribution in [-0.4, -0.2) is 25.0 Å². The maximum atomic E-state index is 11.0. The van der Waals surface area contributed by atoms with Gasteiger partial charge in [0.25, 0.3) is 0 Å². The summed E-state index contributed by atoms with van der Waals surface area (Å²) in [6, 6.07) is 7.78. The minimum absolute atomic E-state index is 0.169. The number of carbonyl (C=O) groups excluding carboxylic acids is 1. The maximum Gasteiger partial charge on any atom is 0.243 e. The highest BCUT2D eigenvalue weighted by molar-refractivity contribution is 5.94. The van der Waals surface area contributed by atoms with Gasteiger partial charge >= 0.3 is 0 Å². The van der Waals surface area contributed by atoms with Gasteiger partial charge in [-0.15, -0.1) is 0 Å². The number of aliphatic imine (C=N–C) groups is 1. The van der Waals surface area contributed by atoms with E-state index in [4.69, 9.17) is 4.74 Å². The van der Waals surface area contributed by atoms with Crippen molar-refractivity contribution < 1.29 is 9.53 Å². The molecule has 0 fully saturated rings. The summed E-state index contributed by atoms with van der Waals surface area (Å²) in [5.41, 5.74) is 2.00. The Balaban J connectivity index is 1.98. The van der Waals surface area contributed by atoms with Gasteiger partial charge in [-0.1, -0.05) is 18.7 Å². The molecular formula is C13H14N2O2. The number of rotatable bonds is 4. The fraction of sp³-hybridized carbons (Fsp3) is 0.231. The van der Waals surface area contributed by atoms with E-state index in [1.54, 1.807) is 0 Å². The van der Waals surface area contributed by atoms with Crippen LogP contribution in [-0.2, 0) is 16.1 Å². The van der Waals surface area contributed by atoms with Gasteiger partial charge in [-0.25, -0.2) is 4.99 Å². The summed E-state index contributed by atoms with van der Waals surface area (Å²) < 4.78 is 5.36. The molecule has 0 unspecified atom stereocenters. The SMILES string of the molecule is C=CC(=O)NCc1ccc(C2=NCCO2)cc1. The number of nitrogens with zero attached hydrogens (tertiary/aromatic N) is 1. The summed E-state index contributed by atoms with van der Waals surface area (Å²) in [5, 5.41) is 2.72. The van der Waals surface area contributed by atoms with Crippen LogP contribution >= 0.6 is 0 Å². The lowest BCUT2D eigenvalue weighted by Crippen LogP contribution is -2.19. The van der Waals surface area contributed by atoms with Gasteiger partial charge in [0, 0.05) is 12.1 Å². The second kappa shape index (κ2) is 5.30. The van der Waals surface area contributed by atoms with Crippen molar-refractivity contribution in [3.63, 3.8) is 0 Å². The lowest BCUT2D eigenvalue weighted by atomic mass is 10.1. The molecule has 0 radical (unpaired) electrons. The molecule has 0 atom stereocenters. The molecule has 0 aliphatic carbocycles. The first-order valence-corrected chi connectivity index (χ1v) is 5.46. The predicted molar refractivity (Wildman–Crippen MR) is 65.8 cm³/mol. The number of amides is 1. The molecule has 4 heteroatoms. The van der Waals surface area contributed by atoms with Gasteiger partial charge < -0.3 is 10.1 Å². The molecule has 88 valence electrons. The van der Waals surface area contributed by atoms with Crippen LogP contribution in [0, 0.1) is 0 Å². The monoisotopic (exact) mass is 230 g/mol. The third-order valence-corrected chi connectivity index (χ3v) is 2.44.